The van der Waals surface area contributed by atoms with E-state index in [1.807, 2.05) is 43.4 Å². The molecule has 0 bridgehead atoms. The first-order valence-electron chi connectivity index (χ1n) is 10.1. The zero-order valence-corrected chi connectivity index (χ0v) is 18.6. The number of benzene rings is 2. The molecule has 2 atom stereocenters. The maximum Gasteiger partial charge on any atom is 0.151 e. The van der Waals surface area contributed by atoms with Gasteiger partial charge in [-0.3, -0.25) is 0 Å². The van der Waals surface area contributed by atoms with Crippen molar-refractivity contribution in [1.82, 2.24) is 5.32 Å². The first kappa shape index (κ1) is 25.0. The highest BCUT2D eigenvalue weighted by molar-refractivity contribution is 5.30. The van der Waals surface area contributed by atoms with Gasteiger partial charge < -0.3 is 24.6 Å². The van der Waals surface area contributed by atoms with Crippen molar-refractivity contribution in [3.8, 4) is 11.5 Å². The van der Waals surface area contributed by atoms with Crippen molar-refractivity contribution < 1.29 is 19.3 Å². The van der Waals surface area contributed by atoms with Gasteiger partial charge in [-0.05, 0) is 68.1 Å². The second kappa shape index (κ2) is 14.0. The van der Waals surface area contributed by atoms with Gasteiger partial charge in [0, 0.05) is 6.04 Å². The third-order valence-corrected chi connectivity index (χ3v) is 4.46. The van der Waals surface area contributed by atoms with Crippen LogP contribution >= 0.6 is 0 Å². The molecule has 2 aromatic rings. The molecule has 5 nitrogen and oxygen atoms in total. The lowest BCUT2D eigenvalue weighted by molar-refractivity contribution is -0.0838. The summed E-state index contributed by atoms with van der Waals surface area (Å²) >= 11 is 0. The molecule has 2 aromatic carbocycles. The van der Waals surface area contributed by atoms with Crippen LogP contribution in [0.1, 0.15) is 44.4 Å². The van der Waals surface area contributed by atoms with Crippen molar-refractivity contribution >= 4 is 0 Å². The second-order valence-corrected chi connectivity index (χ2v) is 7.32. The molecule has 0 aliphatic rings. The highest BCUT2D eigenvalue weighted by atomic mass is 16.6. The minimum Gasteiger partial charge on any atom is -0.497 e. The number of aliphatic hydroxyl groups is 1. The monoisotopic (exact) mass is 403 g/mol. The molecule has 2 rings (SSSR count). The lowest BCUT2D eigenvalue weighted by Gasteiger charge is -2.19. The maximum absolute atomic E-state index is 8.87. The molecule has 0 saturated heterocycles. The fourth-order valence-corrected chi connectivity index (χ4v) is 2.89. The largest absolute Gasteiger partial charge is 0.497 e. The van der Waals surface area contributed by atoms with Crippen LogP contribution in [0.15, 0.2) is 48.5 Å². The van der Waals surface area contributed by atoms with Crippen molar-refractivity contribution in [1.29, 1.82) is 0 Å². The maximum atomic E-state index is 8.87. The van der Waals surface area contributed by atoms with Crippen LogP contribution in [-0.4, -0.2) is 39.3 Å². The van der Waals surface area contributed by atoms with E-state index in [0.29, 0.717) is 18.6 Å². The molecule has 0 aromatic heterocycles. The molecular formula is C24H37NO4. The van der Waals surface area contributed by atoms with Gasteiger partial charge >= 0.3 is 0 Å². The van der Waals surface area contributed by atoms with Gasteiger partial charge in [-0.1, -0.05) is 38.1 Å². The van der Waals surface area contributed by atoms with E-state index in [2.05, 4.69) is 31.3 Å². The van der Waals surface area contributed by atoms with Crippen LogP contribution in [0.3, 0.4) is 0 Å². The minimum atomic E-state index is -0.687. The number of hydrogen-bond donors (Lipinski definition) is 2. The Morgan fingerprint density at radius 2 is 1.59 bits per heavy atom. The number of methoxy groups -OCH3 is 2. The van der Waals surface area contributed by atoms with E-state index in [9.17, 15) is 0 Å². The number of aliphatic hydroxyl groups excluding tert-OH is 1. The molecule has 0 amide bonds. The summed E-state index contributed by atoms with van der Waals surface area (Å²) in [6, 6.07) is 16.5. The average molecular weight is 404 g/mol. The molecule has 29 heavy (non-hydrogen) atoms. The molecule has 0 saturated carbocycles. The van der Waals surface area contributed by atoms with Gasteiger partial charge in [0.15, 0.2) is 6.29 Å². The quantitative estimate of drug-likeness (QED) is 0.568. The molecule has 2 unspecified atom stereocenters. The third-order valence-electron chi connectivity index (χ3n) is 4.46. The van der Waals surface area contributed by atoms with Gasteiger partial charge in [0.1, 0.15) is 11.5 Å². The molecule has 0 heterocycles. The minimum absolute atomic E-state index is 0.417. The fraction of sp³-hybridized carbons (Fsp3) is 0.500. The van der Waals surface area contributed by atoms with Gasteiger partial charge in [-0.15, -0.1) is 0 Å². The highest BCUT2D eigenvalue weighted by Crippen LogP contribution is 2.24. The van der Waals surface area contributed by atoms with E-state index in [0.717, 1.165) is 24.3 Å². The lowest BCUT2D eigenvalue weighted by Crippen LogP contribution is -2.18. The fourth-order valence-electron chi connectivity index (χ4n) is 2.89. The average Bonchev–Trinajstić information content (AvgIpc) is 2.72. The van der Waals surface area contributed by atoms with E-state index in [-0.39, 0.29) is 0 Å². The molecule has 2 N–H and O–H groups in total. The van der Waals surface area contributed by atoms with Crippen LogP contribution in [0, 0.1) is 5.92 Å². The summed E-state index contributed by atoms with van der Waals surface area (Å²) < 4.78 is 15.3. The lowest BCUT2D eigenvalue weighted by atomic mass is 9.97. The van der Waals surface area contributed by atoms with Gasteiger partial charge in [0.2, 0.25) is 0 Å². The first-order valence-corrected chi connectivity index (χ1v) is 10.1. The zero-order chi connectivity index (χ0) is 21.6. The van der Waals surface area contributed by atoms with Gasteiger partial charge in [-0.25, -0.2) is 0 Å². The Hall–Kier alpha value is -2.08. The van der Waals surface area contributed by atoms with Crippen molar-refractivity contribution in [3.05, 3.63) is 59.7 Å². The molecule has 0 aliphatic heterocycles. The van der Waals surface area contributed by atoms with Crippen molar-refractivity contribution in [2.24, 2.45) is 5.92 Å². The predicted molar refractivity (Wildman–Crippen MR) is 119 cm³/mol. The first-order chi connectivity index (χ1) is 13.9. The van der Waals surface area contributed by atoms with Gasteiger partial charge in [-0.2, -0.15) is 0 Å². The zero-order valence-electron chi connectivity index (χ0n) is 18.6. The summed E-state index contributed by atoms with van der Waals surface area (Å²) in [4.78, 5) is 0. The molecule has 162 valence electrons. The Bertz CT molecular complexity index is 671. The molecule has 0 aliphatic carbocycles. The Balaban J connectivity index is 0.000000291. The van der Waals surface area contributed by atoms with E-state index in [1.165, 1.54) is 11.1 Å². The van der Waals surface area contributed by atoms with Crippen LogP contribution in [0.2, 0.25) is 0 Å². The summed E-state index contributed by atoms with van der Waals surface area (Å²) in [6.07, 6.45) is 1.26. The molecular weight excluding hydrogens is 366 g/mol. The van der Waals surface area contributed by atoms with E-state index in [1.54, 1.807) is 21.1 Å². The standard InChI is InChI=1S/C13H21NO.C11H16O3/c1-10(2)8-13(14-3)11-6-5-7-12(9-11)15-4;1-9(12)14-8-7-10-3-5-11(13-2)6-4-10/h5-7,9-10,13-14H,8H2,1-4H3;3-6,9,12H,7-8H2,1-2H3. The van der Waals surface area contributed by atoms with E-state index in [4.69, 9.17) is 19.3 Å². The van der Waals surface area contributed by atoms with Crippen molar-refractivity contribution in [3.63, 3.8) is 0 Å². The number of hydrogen-bond acceptors (Lipinski definition) is 5. The summed E-state index contributed by atoms with van der Waals surface area (Å²) in [5.74, 6) is 2.47. The number of rotatable bonds is 10. The highest BCUT2D eigenvalue weighted by Gasteiger charge is 2.11. The van der Waals surface area contributed by atoms with Gasteiger partial charge in [0.25, 0.3) is 0 Å². The summed E-state index contributed by atoms with van der Waals surface area (Å²) in [7, 11) is 5.36. The van der Waals surface area contributed by atoms with Crippen LogP contribution in [0.5, 0.6) is 11.5 Å². The normalized spacial score (nSPS) is 12.7. The Kier molecular flexibility index (Phi) is 12.0. The molecule has 0 fully saturated rings. The Morgan fingerprint density at radius 3 is 2.10 bits per heavy atom. The van der Waals surface area contributed by atoms with Crippen LogP contribution < -0.4 is 14.8 Å². The number of nitrogens with one attached hydrogen (secondary N) is 1. The van der Waals surface area contributed by atoms with Crippen LogP contribution in [0.25, 0.3) is 0 Å². The smallest absolute Gasteiger partial charge is 0.151 e. The SMILES string of the molecule is CNC(CC(C)C)c1cccc(OC)c1.COc1ccc(CCOC(C)O)cc1. The molecule has 0 radical (unpaired) electrons. The second-order valence-electron chi connectivity index (χ2n) is 7.32. The van der Waals surface area contributed by atoms with Crippen LogP contribution in [0.4, 0.5) is 0 Å². The summed E-state index contributed by atoms with van der Waals surface area (Å²) in [6.45, 7) is 6.62. The predicted octanol–water partition coefficient (Wildman–Crippen LogP) is 4.59. The topological polar surface area (TPSA) is 60.0 Å². The summed E-state index contributed by atoms with van der Waals surface area (Å²) in [5.41, 5.74) is 2.47. The molecule has 0 spiro atoms. The summed E-state index contributed by atoms with van der Waals surface area (Å²) in [5, 5.41) is 12.2. The van der Waals surface area contributed by atoms with E-state index >= 15 is 0 Å². The Morgan fingerprint density at radius 1 is 0.931 bits per heavy atom. The van der Waals surface area contributed by atoms with E-state index < -0.39 is 6.29 Å². The Labute approximate surface area is 176 Å². The van der Waals surface area contributed by atoms with Crippen molar-refractivity contribution in [2.45, 2.75) is 45.9 Å². The van der Waals surface area contributed by atoms with Gasteiger partial charge in [0.05, 0.1) is 20.8 Å². The van der Waals surface area contributed by atoms with Crippen LogP contribution in [-0.2, 0) is 11.2 Å². The molecule has 5 heteroatoms. The third kappa shape index (κ3) is 10.3. The number of ether oxygens (including phenoxy) is 3. The van der Waals surface area contributed by atoms with Crippen molar-refractivity contribution in [2.75, 3.05) is 27.9 Å².